The van der Waals surface area contributed by atoms with Gasteiger partial charge in [-0.1, -0.05) is 35.9 Å². The largest absolute Gasteiger partial charge is 0.434 e. The highest BCUT2D eigenvalue weighted by Crippen LogP contribution is 2.22. The van der Waals surface area contributed by atoms with Crippen molar-refractivity contribution in [1.82, 2.24) is 20.4 Å². The lowest BCUT2D eigenvalue weighted by molar-refractivity contribution is -0.0504. The van der Waals surface area contributed by atoms with E-state index in [4.69, 9.17) is 0 Å². The molecule has 0 amide bonds. The Hall–Kier alpha value is -3.42. The molecule has 1 aromatic heterocycles. The summed E-state index contributed by atoms with van der Waals surface area (Å²) in [6.45, 7) is -0.157. The van der Waals surface area contributed by atoms with Crippen molar-refractivity contribution >= 4 is 5.96 Å². The number of guanidine groups is 1. The molecule has 2 aromatic carbocycles. The topological polar surface area (TPSA) is 63.5 Å². The predicted octanol–water partition coefficient (Wildman–Crippen LogP) is 3.65. The number of halogens is 2. The summed E-state index contributed by atoms with van der Waals surface area (Å²) in [5.41, 5.74) is 3.59. The Kier molecular flexibility index (Phi) is 6.78. The fourth-order valence-electron chi connectivity index (χ4n) is 2.93. The van der Waals surface area contributed by atoms with Gasteiger partial charge in [0.05, 0.1) is 5.69 Å². The maximum atomic E-state index is 12.6. The van der Waals surface area contributed by atoms with Crippen LogP contribution in [0.3, 0.4) is 0 Å². The van der Waals surface area contributed by atoms with Crippen LogP contribution in [0.2, 0.25) is 0 Å². The molecule has 0 saturated carbocycles. The molecule has 0 atom stereocenters. The van der Waals surface area contributed by atoms with Gasteiger partial charge in [0, 0.05) is 38.1 Å². The minimum atomic E-state index is -2.87. The van der Waals surface area contributed by atoms with E-state index in [-0.39, 0.29) is 5.75 Å². The number of nitrogens with zero attached hydrogens (tertiary/aromatic N) is 3. The summed E-state index contributed by atoms with van der Waals surface area (Å²) in [6, 6.07) is 14.9. The van der Waals surface area contributed by atoms with E-state index in [1.54, 1.807) is 30.1 Å². The molecule has 1 heterocycles. The average molecular weight is 399 g/mol. The normalized spacial score (nSPS) is 11.6. The molecule has 0 aliphatic carbocycles. The average Bonchev–Trinajstić information content (AvgIpc) is 3.24. The Bertz CT molecular complexity index is 957. The first-order valence-electron chi connectivity index (χ1n) is 9.13. The molecule has 0 unspecified atom stereocenters. The summed E-state index contributed by atoms with van der Waals surface area (Å²) in [5.74, 6) is 0.697. The van der Waals surface area contributed by atoms with Crippen LogP contribution in [0.5, 0.6) is 5.75 Å². The number of aryl methyl sites for hydroxylation is 1. The summed E-state index contributed by atoms with van der Waals surface area (Å²) < 4.78 is 31.7. The number of hydrogen-bond donors (Lipinski definition) is 2. The van der Waals surface area contributed by atoms with Crippen molar-refractivity contribution in [3.63, 3.8) is 0 Å². The molecule has 0 radical (unpaired) electrons. The van der Waals surface area contributed by atoms with Gasteiger partial charge in [-0.2, -0.15) is 13.9 Å². The number of benzene rings is 2. The lowest BCUT2D eigenvalue weighted by Crippen LogP contribution is -2.36. The van der Waals surface area contributed by atoms with Gasteiger partial charge >= 0.3 is 6.61 Å². The lowest BCUT2D eigenvalue weighted by Gasteiger charge is -2.16. The Balaban J connectivity index is 1.65. The molecule has 6 nitrogen and oxygen atoms in total. The molecule has 152 valence electrons. The highest BCUT2D eigenvalue weighted by molar-refractivity contribution is 5.79. The Labute approximate surface area is 168 Å². The number of ether oxygens (including phenoxy) is 1. The zero-order chi connectivity index (χ0) is 20.6. The van der Waals surface area contributed by atoms with Crippen molar-refractivity contribution in [2.45, 2.75) is 26.6 Å². The third kappa shape index (κ3) is 5.54. The highest BCUT2D eigenvalue weighted by atomic mass is 19.3. The van der Waals surface area contributed by atoms with Gasteiger partial charge in [-0.05, 0) is 30.7 Å². The van der Waals surface area contributed by atoms with E-state index < -0.39 is 6.61 Å². The van der Waals surface area contributed by atoms with Crippen LogP contribution in [0, 0.1) is 6.92 Å². The molecule has 0 fully saturated rings. The van der Waals surface area contributed by atoms with Crippen molar-refractivity contribution in [3.8, 4) is 11.4 Å². The van der Waals surface area contributed by atoms with E-state index in [0.29, 0.717) is 24.6 Å². The van der Waals surface area contributed by atoms with E-state index in [2.05, 4.69) is 25.5 Å². The smallest absolute Gasteiger partial charge is 0.387 e. The molecule has 3 rings (SSSR count). The molecule has 8 heteroatoms. The summed E-state index contributed by atoms with van der Waals surface area (Å²) >= 11 is 0. The number of aromatic nitrogens is 2. The minimum absolute atomic E-state index is 0.151. The first-order valence-corrected chi connectivity index (χ1v) is 9.13. The molecule has 29 heavy (non-hydrogen) atoms. The van der Waals surface area contributed by atoms with Gasteiger partial charge < -0.3 is 15.4 Å². The number of hydrogen-bond acceptors (Lipinski definition) is 3. The Morgan fingerprint density at radius 3 is 2.55 bits per heavy atom. The van der Waals surface area contributed by atoms with Gasteiger partial charge in [-0.15, -0.1) is 0 Å². The third-order valence-corrected chi connectivity index (χ3v) is 4.29. The van der Waals surface area contributed by atoms with E-state index in [0.717, 1.165) is 16.8 Å². The zero-order valence-corrected chi connectivity index (χ0v) is 16.3. The van der Waals surface area contributed by atoms with Crippen LogP contribution in [0.15, 0.2) is 65.9 Å². The van der Waals surface area contributed by atoms with Gasteiger partial charge in [-0.3, -0.25) is 4.99 Å². The zero-order valence-electron chi connectivity index (χ0n) is 16.3. The van der Waals surface area contributed by atoms with Gasteiger partial charge in [0.15, 0.2) is 5.96 Å². The monoisotopic (exact) mass is 399 g/mol. The second-order valence-corrected chi connectivity index (χ2v) is 6.35. The van der Waals surface area contributed by atoms with E-state index in [1.165, 1.54) is 0 Å². The van der Waals surface area contributed by atoms with Crippen LogP contribution in [0.4, 0.5) is 8.78 Å². The van der Waals surface area contributed by atoms with Crippen molar-refractivity contribution in [2.24, 2.45) is 4.99 Å². The van der Waals surface area contributed by atoms with Crippen LogP contribution in [-0.2, 0) is 13.1 Å². The van der Waals surface area contributed by atoms with E-state index >= 15 is 0 Å². The summed E-state index contributed by atoms with van der Waals surface area (Å²) in [4.78, 5) is 4.21. The summed E-state index contributed by atoms with van der Waals surface area (Å²) in [7, 11) is 1.65. The van der Waals surface area contributed by atoms with Crippen molar-refractivity contribution < 1.29 is 13.5 Å². The third-order valence-electron chi connectivity index (χ3n) is 4.29. The van der Waals surface area contributed by atoms with Crippen molar-refractivity contribution in [3.05, 3.63) is 77.6 Å². The van der Waals surface area contributed by atoms with Gasteiger partial charge in [0.2, 0.25) is 0 Å². The Morgan fingerprint density at radius 1 is 1.10 bits per heavy atom. The maximum absolute atomic E-state index is 12.6. The molecule has 0 spiro atoms. The lowest BCUT2D eigenvalue weighted by atomic mass is 10.1. The number of rotatable bonds is 7. The Morgan fingerprint density at radius 2 is 1.86 bits per heavy atom. The van der Waals surface area contributed by atoms with Crippen LogP contribution < -0.4 is 15.4 Å². The van der Waals surface area contributed by atoms with E-state index in [9.17, 15) is 8.78 Å². The molecule has 0 bridgehead atoms. The molecule has 2 N–H and O–H groups in total. The number of aliphatic imine (C=N–C) groups is 1. The first kappa shape index (κ1) is 20.3. The summed E-state index contributed by atoms with van der Waals surface area (Å²) in [5, 5.41) is 10.7. The second-order valence-electron chi connectivity index (χ2n) is 6.35. The van der Waals surface area contributed by atoms with Crippen molar-refractivity contribution in [2.75, 3.05) is 7.05 Å². The van der Waals surface area contributed by atoms with Gasteiger partial charge in [0.1, 0.15) is 5.75 Å². The maximum Gasteiger partial charge on any atom is 0.387 e. The number of para-hydroxylation sites is 1. The van der Waals surface area contributed by atoms with Gasteiger partial charge in [-0.25, -0.2) is 4.68 Å². The minimum Gasteiger partial charge on any atom is -0.434 e. The number of nitrogens with one attached hydrogen (secondary N) is 2. The summed E-state index contributed by atoms with van der Waals surface area (Å²) in [6.07, 6.45) is 3.61. The van der Waals surface area contributed by atoms with Crippen LogP contribution in [0.1, 0.15) is 16.7 Å². The number of alkyl halides is 2. The van der Waals surface area contributed by atoms with Crippen molar-refractivity contribution in [1.29, 1.82) is 0 Å². The molecule has 0 saturated heterocycles. The molecule has 0 aliphatic rings. The fourth-order valence-corrected chi connectivity index (χ4v) is 2.93. The first-order chi connectivity index (χ1) is 14.1. The second kappa shape index (κ2) is 9.68. The quantitative estimate of drug-likeness (QED) is 0.470. The highest BCUT2D eigenvalue weighted by Gasteiger charge is 2.11. The molecular formula is C21H23F2N5O. The van der Waals surface area contributed by atoms with Crippen LogP contribution >= 0.6 is 0 Å². The SMILES string of the molecule is CN=C(NCc1cc(C)ccc1OC(F)F)NCc1ccccc1-n1cccn1. The van der Waals surface area contributed by atoms with E-state index in [1.807, 2.05) is 49.5 Å². The van der Waals surface area contributed by atoms with Crippen LogP contribution in [0.25, 0.3) is 5.69 Å². The molecular weight excluding hydrogens is 376 g/mol. The fraction of sp³-hybridized carbons (Fsp3) is 0.238. The molecule has 3 aromatic rings. The molecule has 0 aliphatic heterocycles. The standard InChI is InChI=1S/C21H23F2N5O/c1-15-8-9-19(29-20(22)23)17(12-15)14-26-21(24-2)25-13-16-6-3-4-7-18(16)28-11-5-10-27-28/h3-12,20H,13-14H2,1-2H3,(H2,24,25,26). The predicted molar refractivity (Wildman–Crippen MR) is 108 cm³/mol. The van der Waals surface area contributed by atoms with Gasteiger partial charge in [0.25, 0.3) is 0 Å². The van der Waals surface area contributed by atoms with Crippen LogP contribution in [-0.4, -0.2) is 29.4 Å².